The summed E-state index contributed by atoms with van der Waals surface area (Å²) in [6.07, 6.45) is -0.712. The molecule has 0 aliphatic heterocycles. The molecule has 0 aliphatic rings. The molecule has 0 bridgehead atoms. The first-order valence-electron chi connectivity index (χ1n) is 6.46. The van der Waals surface area contributed by atoms with E-state index >= 15 is 0 Å². The molecule has 0 rings (SSSR count). The van der Waals surface area contributed by atoms with Crippen LogP contribution in [-0.4, -0.2) is 45.2 Å². The Hall–Kier alpha value is -1.90. The average molecular weight is 335 g/mol. The molecule has 0 heterocycles. The number of hydrogen-bond donors (Lipinski definition) is 1. The molecule has 0 aliphatic carbocycles. The summed E-state index contributed by atoms with van der Waals surface area (Å²) < 4.78 is 33.5. The van der Waals surface area contributed by atoms with Crippen LogP contribution in [0.1, 0.15) is 27.2 Å². The van der Waals surface area contributed by atoms with E-state index in [4.69, 9.17) is 9.47 Å². The SMILES string of the molecule is C=C(C)C(=O)OC[C@@H](CC(=O)NS(C)(=O)=O)OC(=O)C(C)C. The molecule has 0 radical (unpaired) electrons. The second kappa shape index (κ2) is 8.52. The largest absolute Gasteiger partial charge is 0.458 e. The fourth-order valence-electron chi connectivity index (χ4n) is 1.18. The summed E-state index contributed by atoms with van der Waals surface area (Å²) in [5, 5.41) is 0. The molecule has 1 atom stereocenters. The predicted octanol–water partition coefficient (Wildman–Crippen LogP) is 0.139. The third-order valence-corrected chi connectivity index (χ3v) is 2.81. The number of amides is 1. The van der Waals surface area contributed by atoms with E-state index < -0.39 is 46.3 Å². The maximum Gasteiger partial charge on any atom is 0.333 e. The Morgan fingerprint density at radius 3 is 2.18 bits per heavy atom. The van der Waals surface area contributed by atoms with Crippen LogP contribution in [0.25, 0.3) is 0 Å². The number of hydrogen-bond acceptors (Lipinski definition) is 7. The van der Waals surface area contributed by atoms with Crippen LogP contribution >= 0.6 is 0 Å². The molecule has 0 unspecified atom stereocenters. The van der Waals surface area contributed by atoms with Gasteiger partial charge in [0.15, 0.2) is 0 Å². The van der Waals surface area contributed by atoms with E-state index in [-0.39, 0.29) is 12.2 Å². The van der Waals surface area contributed by atoms with Crippen LogP contribution in [0.15, 0.2) is 12.2 Å². The summed E-state index contributed by atoms with van der Waals surface area (Å²) >= 11 is 0. The number of carbonyl (C=O) groups is 3. The fraction of sp³-hybridized carbons (Fsp3) is 0.615. The molecule has 8 nitrogen and oxygen atoms in total. The highest BCUT2D eigenvalue weighted by Gasteiger charge is 2.23. The lowest BCUT2D eigenvalue weighted by Crippen LogP contribution is -2.36. The van der Waals surface area contributed by atoms with E-state index in [1.807, 2.05) is 0 Å². The van der Waals surface area contributed by atoms with E-state index in [2.05, 4.69) is 6.58 Å². The second-order valence-electron chi connectivity index (χ2n) is 5.09. The molecule has 9 heteroatoms. The third kappa shape index (κ3) is 9.11. The lowest BCUT2D eigenvalue weighted by molar-refractivity contribution is -0.161. The fourth-order valence-corrected chi connectivity index (χ4v) is 1.68. The molecule has 0 fully saturated rings. The molecular weight excluding hydrogens is 314 g/mol. The van der Waals surface area contributed by atoms with Crippen molar-refractivity contribution in [1.29, 1.82) is 0 Å². The zero-order chi connectivity index (χ0) is 17.5. The topological polar surface area (TPSA) is 116 Å². The van der Waals surface area contributed by atoms with Gasteiger partial charge < -0.3 is 9.47 Å². The van der Waals surface area contributed by atoms with Crippen molar-refractivity contribution in [3.63, 3.8) is 0 Å². The quantitative estimate of drug-likeness (QED) is 0.495. The van der Waals surface area contributed by atoms with Crippen LogP contribution in [0.2, 0.25) is 0 Å². The van der Waals surface area contributed by atoms with Crippen LogP contribution in [0.5, 0.6) is 0 Å². The summed E-state index contributed by atoms with van der Waals surface area (Å²) in [6.45, 7) is 7.64. The monoisotopic (exact) mass is 335 g/mol. The normalized spacial score (nSPS) is 12.4. The summed E-state index contributed by atoms with van der Waals surface area (Å²) in [6, 6.07) is 0. The first-order chi connectivity index (χ1) is 9.92. The Labute approximate surface area is 129 Å². The van der Waals surface area contributed by atoms with Gasteiger partial charge in [0.2, 0.25) is 15.9 Å². The Bertz CT molecular complexity index is 551. The van der Waals surface area contributed by atoms with Crippen molar-refractivity contribution in [3.05, 3.63) is 12.2 Å². The average Bonchev–Trinajstić information content (AvgIpc) is 2.32. The van der Waals surface area contributed by atoms with Crippen LogP contribution in [0, 0.1) is 5.92 Å². The second-order valence-corrected chi connectivity index (χ2v) is 6.84. The van der Waals surface area contributed by atoms with E-state index in [0.717, 1.165) is 6.26 Å². The molecule has 0 saturated heterocycles. The summed E-state index contributed by atoms with van der Waals surface area (Å²) in [4.78, 5) is 34.5. The number of sulfonamides is 1. The Balaban J connectivity index is 4.78. The van der Waals surface area contributed by atoms with Crippen molar-refractivity contribution in [2.24, 2.45) is 5.92 Å². The molecule has 126 valence electrons. The standard InChI is InChI=1S/C13H21NO7S/c1-8(2)12(16)20-7-10(21-13(17)9(3)4)6-11(15)14-22(5,18)19/h9-10H,1,6-7H2,2-5H3,(H,14,15)/t10-/m1/s1. The van der Waals surface area contributed by atoms with Crippen molar-refractivity contribution < 1.29 is 32.3 Å². The van der Waals surface area contributed by atoms with Gasteiger partial charge in [0.25, 0.3) is 0 Å². The molecule has 0 aromatic rings. The van der Waals surface area contributed by atoms with Gasteiger partial charge >= 0.3 is 11.9 Å². The zero-order valence-electron chi connectivity index (χ0n) is 13.0. The zero-order valence-corrected chi connectivity index (χ0v) is 13.9. The van der Waals surface area contributed by atoms with E-state index in [9.17, 15) is 22.8 Å². The number of carbonyl (C=O) groups excluding carboxylic acids is 3. The van der Waals surface area contributed by atoms with E-state index in [1.54, 1.807) is 18.6 Å². The number of esters is 2. The molecule has 0 saturated carbocycles. The van der Waals surface area contributed by atoms with Crippen molar-refractivity contribution in [2.75, 3.05) is 12.9 Å². The minimum absolute atomic E-state index is 0.148. The van der Waals surface area contributed by atoms with Gasteiger partial charge in [-0.05, 0) is 6.92 Å². The highest BCUT2D eigenvalue weighted by atomic mass is 32.2. The maximum absolute atomic E-state index is 11.6. The van der Waals surface area contributed by atoms with Crippen molar-refractivity contribution in [3.8, 4) is 0 Å². The van der Waals surface area contributed by atoms with Crippen molar-refractivity contribution >= 4 is 27.9 Å². The minimum atomic E-state index is -3.72. The smallest absolute Gasteiger partial charge is 0.333 e. The van der Waals surface area contributed by atoms with Gasteiger partial charge in [-0.3, -0.25) is 14.3 Å². The van der Waals surface area contributed by atoms with E-state index in [1.165, 1.54) is 6.92 Å². The first-order valence-corrected chi connectivity index (χ1v) is 8.35. The van der Waals surface area contributed by atoms with Gasteiger partial charge in [0, 0.05) is 5.57 Å². The highest BCUT2D eigenvalue weighted by molar-refractivity contribution is 7.89. The van der Waals surface area contributed by atoms with Gasteiger partial charge in [-0.25, -0.2) is 13.2 Å². The molecule has 22 heavy (non-hydrogen) atoms. The van der Waals surface area contributed by atoms with Crippen LogP contribution in [0.4, 0.5) is 0 Å². The van der Waals surface area contributed by atoms with Gasteiger partial charge in [0.05, 0.1) is 18.6 Å². The minimum Gasteiger partial charge on any atom is -0.458 e. The summed E-state index contributed by atoms with van der Waals surface area (Å²) in [5.41, 5.74) is 0.148. The Morgan fingerprint density at radius 2 is 1.77 bits per heavy atom. The van der Waals surface area contributed by atoms with Crippen LogP contribution < -0.4 is 4.72 Å². The van der Waals surface area contributed by atoms with Gasteiger partial charge in [0.1, 0.15) is 12.7 Å². The molecule has 0 spiro atoms. The molecule has 1 amide bonds. The molecule has 1 N–H and O–H groups in total. The first kappa shape index (κ1) is 20.1. The third-order valence-electron chi connectivity index (χ3n) is 2.22. The summed E-state index contributed by atoms with van der Waals surface area (Å²) in [7, 11) is -3.72. The molecular formula is C13H21NO7S. The summed E-state index contributed by atoms with van der Waals surface area (Å²) in [5.74, 6) is -2.61. The number of nitrogens with one attached hydrogen (secondary N) is 1. The molecule has 0 aromatic heterocycles. The maximum atomic E-state index is 11.6. The van der Waals surface area contributed by atoms with Crippen molar-refractivity contribution in [2.45, 2.75) is 33.3 Å². The van der Waals surface area contributed by atoms with Gasteiger partial charge in [-0.1, -0.05) is 20.4 Å². The van der Waals surface area contributed by atoms with Crippen LogP contribution in [0.3, 0.4) is 0 Å². The predicted molar refractivity (Wildman–Crippen MR) is 78.1 cm³/mol. The van der Waals surface area contributed by atoms with Crippen molar-refractivity contribution in [1.82, 2.24) is 4.72 Å². The Morgan fingerprint density at radius 1 is 1.23 bits per heavy atom. The van der Waals surface area contributed by atoms with E-state index in [0.29, 0.717) is 0 Å². The highest BCUT2D eigenvalue weighted by Crippen LogP contribution is 2.07. The van der Waals surface area contributed by atoms with Crippen LogP contribution in [-0.2, 0) is 33.9 Å². The van der Waals surface area contributed by atoms with Gasteiger partial charge in [-0.15, -0.1) is 0 Å². The van der Waals surface area contributed by atoms with Gasteiger partial charge in [-0.2, -0.15) is 0 Å². The Kier molecular flexibility index (Phi) is 7.78. The lowest BCUT2D eigenvalue weighted by Gasteiger charge is -2.18. The number of rotatable bonds is 8. The number of ether oxygens (including phenoxy) is 2. The molecule has 0 aromatic carbocycles. The lowest BCUT2D eigenvalue weighted by atomic mass is 10.2.